The molecule has 2 aromatic rings. The summed E-state index contributed by atoms with van der Waals surface area (Å²) >= 11 is 0. The van der Waals surface area contributed by atoms with E-state index in [0.717, 1.165) is 0 Å². The summed E-state index contributed by atoms with van der Waals surface area (Å²) in [6.45, 7) is 1.69. The minimum atomic E-state index is -1.10. The fourth-order valence-electron chi connectivity index (χ4n) is 2.07. The summed E-state index contributed by atoms with van der Waals surface area (Å²) in [5.74, 6) is -1.10. The molecule has 1 atom stereocenters. The van der Waals surface area contributed by atoms with Crippen molar-refractivity contribution in [3.8, 4) is 0 Å². The predicted molar refractivity (Wildman–Crippen MR) is 78.3 cm³/mol. The second-order valence-electron chi connectivity index (χ2n) is 4.55. The molecule has 1 unspecified atom stereocenters. The van der Waals surface area contributed by atoms with Crippen molar-refractivity contribution in [2.45, 2.75) is 13.0 Å². The van der Waals surface area contributed by atoms with Gasteiger partial charge in [0.25, 0.3) is 5.69 Å². The van der Waals surface area contributed by atoms with Gasteiger partial charge in [0, 0.05) is 6.07 Å². The Kier molecular flexibility index (Phi) is 4.18. The van der Waals surface area contributed by atoms with Crippen LogP contribution in [0.5, 0.6) is 0 Å². The average Bonchev–Trinajstić information content (AvgIpc) is 2.46. The molecule has 0 heterocycles. The third kappa shape index (κ3) is 3.17. The van der Waals surface area contributed by atoms with Gasteiger partial charge in [-0.15, -0.1) is 0 Å². The highest BCUT2D eigenvalue weighted by molar-refractivity contribution is 5.81. The van der Waals surface area contributed by atoms with Gasteiger partial charge in [0.1, 0.15) is 5.69 Å². The molecule has 0 bridgehead atoms. The lowest BCUT2D eigenvalue weighted by Crippen LogP contribution is -2.21. The minimum absolute atomic E-state index is 0.141. The Morgan fingerprint density at radius 1 is 1.19 bits per heavy atom. The number of hydrogen-bond acceptors (Lipinski definition) is 4. The van der Waals surface area contributed by atoms with Crippen LogP contribution < -0.4 is 5.32 Å². The Balaban J connectivity index is 2.43. The summed E-state index contributed by atoms with van der Waals surface area (Å²) in [6.07, 6.45) is 0. The zero-order chi connectivity index (χ0) is 15.4. The Morgan fingerprint density at radius 3 is 2.43 bits per heavy atom. The first-order chi connectivity index (χ1) is 10.0. The average molecular weight is 286 g/mol. The summed E-state index contributed by atoms with van der Waals surface area (Å²) in [4.78, 5) is 22.0. The minimum Gasteiger partial charge on any atom is -0.479 e. The van der Waals surface area contributed by atoms with Crippen LogP contribution in [-0.2, 0) is 4.79 Å². The number of nitrogens with zero attached hydrogens (tertiary/aromatic N) is 1. The lowest BCUT2D eigenvalue weighted by molar-refractivity contribution is -0.384. The van der Waals surface area contributed by atoms with Gasteiger partial charge >= 0.3 is 5.97 Å². The van der Waals surface area contributed by atoms with E-state index < -0.39 is 16.9 Å². The van der Waals surface area contributed by atoms with Crippen LogP contribution in [0.4, 0.5) is 11.4 Å². The maximum Gasteiger partial charge on any atom is 0.330 e. The van der Waals surface area contributed by atoms with E-state index in [2.05, 4.69) is 5.32 Å². The molecule has 0 spiro atoms. The predicted octanol–water partition coefficient (Wildman–Crippen LogP) is 3.14. The van der Waals surface area contributed by atoms with Crippen molar-refractivity contribution in [3.05, 3.63) is 69.8 Å². The Hall–Kier alpha value is -2.89. The zero-order valence-corrected chi connectivity index (χ0v) is 11.3. The number of aryl methyl sites for hydroxylation is 1. The Bertz CT molecular complexity index is 671. The van der Waals surface area contributed by atoms with E-state index in [4.69, 9.17) is 0 Å². The lowest BCUT2D eigenvalue weighted by atomic mass is 10.1. The summed E-state index contributed by atoms with van der Waals surface area (Å²) in [5.41, 5.74) is 1.23. The molecule has 0 aromatic heterocycles. The molecule has 0 amide bonds. The van der Waals surface area contributed by atoms with E-state index >= 15 is 0 Å². The van der Waals surface area contributed by atoms with E-state index in [9.17, 15) is 20.0 Å². The Labute approximate surface area is 121 Å². The molecular weight excluding hydrogens is 272 g/mol. The molecule has 0 aliphatic rings. The van der Waals surface area contributed by atoms with Gasteiger partial charge in [0.15, 0.2) is 6.04 Å². The Morgan fingerprint density at radius 2 is 1.86 bits per heavy atom. The number of hydrogen-bond donors (Lipinski definition) is 2. The number of carboxylic acids is 1. The molecule has 2 N–H and O–H groups in total. The number of carboxylic acid groups (broad SMARTS) is 1. The van der Waals surface area contributed by atoms with Crippen LogP contribution in [-0.4, -0.2) is 16.0 Å². The van der Waals surface area contributed by atoms with Crippen LogP contribution in [0.15, 0.2) is 48.5 Å². The van der Waals surface area contributed by atoms with Crippen LogP contribution in [0.1, 0.15) is 17.2 Å². The lowest BCUT2D eigenvalue weighted by Gasteiger charge is -2.17. The first-order valence-corrected chi connectivity index (χ1v) is 6.29. The molecule has 2 aromatic carbocycles. The van der Waals surface area contributed by atoms with Crippen molar-refractivity contribution in [2.75, 3.05) is 5.32 Å². The van der Waals surface area contributed by atoms with Crippen molar-refractivity contribution < 1.29 is 14.8 Å². The molecule has 0 radical (unpaired) electrons. The van der Waals surface area contributed by atoms with Gasteiger partial charge in [-0.05, 0) is 18.1 Å². The fraction of sp³-hybridized carbons (Fsp3) is 0.133. The largest absolute Gasteiger partial charge is 0.479 e. The summed E-state index contributed by atoms with van der Waals surface area (Å²) in [7, 11) is 0. The number of anilines is 1. The molecule has 0 aliphatic carbocycles. The van der Waals surface area contributed by atoms with E-state index in [1.807, 2.05) is 0 Å². The molecule has 0 saturated heterocycles. The highest BCUT2D eigenvalue weighted by Gasteiger charge is 2.24. The molecule has 2 rings (SSSR count). The number of para-hydroxylation sites is 1. The van der Waals surface area contributed by atoms with Gasteiger partial charge < -0.3 is 10.4 Å². The SMILES string of the molecule is Cc1cccc([N+](=O)[O-])c1NC(C(=O)O)c1ccccc1. The summed E-state index contributed by atoms with van der Waals surface area (Å²) in [5, 5.41) is 23.2. The van der Waals surface area contributed by atoms with Gasteiger partial charge in [-0.25, -0.2) is 4.79 Å². The van der Waals surface area contributed by atoms with Gasteiger partial charge in [0.2, 0.25) is 0 Å². The highest BCUT2D eigenvalue weighted by Crippen LogP contribution is 2.31. The molecule has 6 heteroatoms. The molecule has 6 nitrogen and oxygen atoms in total. The van der Waals surface area contributed by atoms with Crippen molar-refractivity contribution in [1.29, 1.82) is 0 Å². The van der Waals surface area contributed by atoms with Crippen LogP contribution in [0.25, 0.3) is 0 Å². The quantitative estimate of drug-likeness (QED) is 0.650. The molecule has 108 valence electrons. The normalized spacial score (nSPS) is 11.7. The molecule has 0 aliphatic heterocycles. The molecule has 0 saturated carbocycles. The van der Waals surface area contributed by atoms with Gasteiger partial charge in [0.05, 0.1) is 4.92 Å². The zero-order valence-electron chi connectivity index (χ0n) is 11.3. The summed E-state index contributed by atoms with van der Waals surface area (Å²) in [6, 6.07) is 12.1. The van der Waals surface area contributed by atoms with Crippen molar-refractivity contribution in [3.63, 3.8) is 0 Å². The standard InChI is InChI=1S/C15H14N2O4/c1-10-6-5-9-12(17(20)21)13(10)16-14(15(18)19)11-7-3-2-4-8-11/h2-9,14,16H,1H3,(H,18,19). The van der Waals surface area contributed by atoms with E-state index in [0.29, 0.717) is 11.1 Å². The van der Waals surface area contributed by atoms with Gasteiger partial charge in [-0.2, -0.15) is 0 Å². The van der Waals surface area contributed by atoms with Crippen molar-refractivity contribution >= 4 is 17.3 Å². The van der Waals surface area contributed by atoms with Gasteiger partial charge in [-0.3, -0.25) is 10.1 Å². The summed E-state index contributed by atoms with van der Waals surface area (Å²) < 4.78 is 0. The number of benzene rings is 2. The number of nitro benzene ring substituents is 1. The van der Waals surface area contributed by atoms with Gasteiger partial charge in [-0.1, -0.05) is 42.5 Å². The fourth-order valence-corrected chi connectivity index (χ4v) is 2.07. The first kappa shape index (κ1) is 14.5. The van der Waals surface area contributed by atoms with Crippen LogP contribution in [0.2, 0.25) is 0 Å². The second kappa shape index (κ2) is 6.04. The van der Waals surface area contributed by atoms with Crippen LogP contribution in [0.3, 0.4) is 0 Å². The molecule has 0 fully saturated rings. The monoisotopic (exact) mass is 286 g/mol. The topological polar surface area (TPSA) is 92.5 Å². The maximum atomic E-state index is 11.5. The third-order valence-corrected chi connectivity index (χ3v) is 3.12. The highest BCUT2D eigenvalue weighted by atomic mass is 16.6. The van der Waals surface area contributed by atoms with Crippen molar-refractivity contribution in [2.24, 2.45) is 0 Å². The maximum absolute atomic E-state index is 11.5. The molecule has 21 heavy (non-hydrogen) atoms. The number of rotatable bonds is 5. The number of nitro groups is 1. The number of nitrogens with one attached hydrogen (secondary N) is 1. The number of carbonyl (C=O) groups is 1. The van der Waals surface area contributed by atoms with E-state index in [1.165, 1.54) is 6.07 Å². The first-order valence-electron chi connectivity index (χ1n) is 6.29. The second-order valence-corrected chi connectivity index (χ2v) is 4.55. The third-order valence-electron chi connectivity index (χ3n) is 3.12. The van der Waals surface area contributed by atoms with E-state index in [-0.39, 0.29) is 11.4 Å². The van der Waals surface area contributed by atoms with Crippen molar-refractivity contribution in [1.82, 2.24) is 0 Å². The van der Waals surface area contributed by atoms with E-state index in [1.54, 1.807) is 49.4 Å². The number of aliphatic carboxylic acids is 1. The smallest absolute Gasteiger partial charge is 0.330 e. The molecular formula is C15H14N2O4. The van der Waals surface area contributed by atoms with Crippen LogP contribution >= 0.6 is 0 Å². The van der Waals surface area contributed by atoms with Crippen LogP contribution in [0, 0.1) is 17.0 Å².